The number of thioether (sulfide) groups is 2. The topological polar surface area (TPSA) is 55.8 Å². The molecule has 0 amide bonds. The number of benzene rings is 3. The number of ether oxygens (including phenoxy) is 2. The summed E-state index contributed by atoms with van der Waals surface area (Å²) in [6, 6.07) is 17.8. The molecule has 6 heteroatoms. The van der Waals surface area contributed by atoms with Gasteiger partial charge in [-0.1, -0.05) is 31.2 Å². The third-order valence-corrected chi connectivity index (χ3v) is 8.93. The average Bonchev–Trinajstić information content (AvgIpc) is 3.50. The molecule has 3 aromatic rings. The van der Waals surface area contributed by atoms with Gasteiger partial charge in [0.05, 0.1) is 6.61 Å². The summed E-state index contributed by atoms with van der Waals surface area (Å²) in [4.78, 5) is 10.4. The normalized spacial score (nSPS) is 15.3. The van der Waals surface area contributed by atoms with E-state index in [1.807, 2.05) is 23.5 Å². The van der Waals surface area contributed by atoms with E-state index >= 15 is 0 Å². The van der Waals surface area contributed by atoms with Crippen molar-refractivity contribution in [1.29, 1.82) is 0 Å². The molecule has 1 aliphatic heterocycles. The Balaban J connectivity index is 0.000000786. The Hall–Kier alpha value is -2.57. The van der Waals surface area contributed by atoms with E-state index in [-0.39, 0.29) is 6.10 Å². The van der Waals surface area contributed by atoms with Crippen LogP contribution in [0.4, 0.5) is 0 Å². The summed E-state index contributed by atoms with van der Waals surface area (Å²) in [5, 5.41) is 7.42. The van der Waals surface area contributed by atoms with E-state index in [2.05, 4.69) is 69.3 Å². The molecule has 3 aromatic carbocycles. The van der Waals surface area contributed by atoms with Crippen LogP contribution in [0.5, 0.6) is 11.5 Å². The molecule has 0 saturated heterocycles. The molecule has 5 rings (SSSR count). The van der Waals surface area contributed by atoms with Crippen molar-refractivity contribution >= 4 is 29.5 Å². The highest BCUT2D eigenvalue weighted by Gasteiger charge is 2.28. The van der Waals surface area contributed by atoms with E-state index in [1.165, 1.54) is 61.8 Å². The number of aryl methyl sites for hydroxylation is 3. The minimum atomic E-state index is -0.833. The molecule has 2 aliphatic rings. The van der Waals surface area contributed by atoms with Crippen molar-refractivity contribution < 1.29 is 19.4 Å². The van der Waals surface area contributed by atoms with E-state index in [1.54, 1.807) is 0 Å². The van der Waals surface area contributed by atoms with E-state index in [0.717, 1.165) is 50.0 Å². The first-order valence-electron chi connectivity index (χ1n) is 13.4. The Morgan fingerprint density at radius 2 is 1.84 bits per heavy atom. The van der Waals surface area contributed by atoms with Gasteiger partial charge >= 0.3 is 0 Å². The van der Waals surface area contributed by atoms with Crippen LogP contribution < -0.4 is 9.47 Å². The van der Waals surface area contributed by atoms with Crippen molar-refractivity contribution in [3.8, 4) is 22.6 Å². The summed E-state index contributed by atoms with van der Waals surface area (Å²) in [7, 11) is 0. The van der Waals surface area contributed by atoms with Crippen LogP contribution in [-0.4, -0.2) is 34.9 Å². The van der Waals surface area contributed by atoms with Crippen molar-refractivity contribution in [2.75, 3.05) is 23.9 Å². The van der Waals surface area contributed by atoms with Crippen molar-refractivity contribution in [3.63, 3.8) is 0 Å². The standard InChI is InChI=1S/C30H34O2S2.C2H4O2/c1-4-33-15-6-14-31-24-17-20(2)30(21(3)18-24)27-8-5-7-26-25(27)11-12-28(26)32-23-10-9-22-13-16-34-29(22)19-23;1-2(3)4/h5,7-10,17-19,28H,4,6,11-16H2,1-3H3;1H3,(H,3,4). The fourth-order valence-corrected chi connectivity index (χ4v) is 6.99. The Morgan fingerprint density at radius 1 is 1.08 bits per heavy atom. The van der Waals surface area contributed by atoms with Crippen molar-refractivity contribution in [2.24, 2.45) is 0 Å². The molecule has 0 fully saturated rings. The van der Waals surface area contributed by atoms with E-state index in [0.29, 0.717) is 0 Å². The van der Waals surface area contributed by atoms with Crippen LogP contribution in [0.1, 0.15) is 60.6 Å². The zero-order chi connectivity index (χ0) is 27.1. The molecular formula is C32H38O4S2. The fourth-order valence-electron chi connectivity index (χ4n) is 5.28. The van der Waals surface area contributed by atoms with Gasteiger partial charge in [-0.3, -0.25) is 4.79 Å². The highest BCUT2D eigenvalue weighted by atomic mass is 32.2. The molecule has 4 nitrogen and oxygen atoms in total. The van der Waals surface area contributed by atoms with Crippen LogP contribution in [-0.2, 0) is 17.6 Å². The summed E-state index contributed by atoms with van der Waals surface area (Å²) < 4.78 is 12.6. The quantitative estimate of drug-likeness (QED) is 0.271. The smallest absolute Gasteiger partial charge is 0.300 e. The molecule has 1 N–H and O–H groups in total. The summed E-state index contributed by atoms with van der Waals surface area (Å²) in [6.45, 7) is 8.50. The first kappa shape index (κ1) is 28.4. The lowest BCUT2D eigenvalue weighted by atomic mass is 9.90. The summed E-state index contributed by atoms with van der Waals surface area (Å²) >= 11 is 3.92. The van der Waals surface area contributed by atoms with Crippen LogP contribution in [0.25, 0.3) is 11.1 Å². The van der Waals surface area contributed by atoms with Crippen LogP contribution in [0.15, 0.2) is 53.4 Å². The Bertz CT molecular complexity index is 1240. The summed E-state index contributed by atoms with van der Waals surface area (Å²) in [5.74, 6) is 4.68. The molecule has 38 heavy (non-hydrogen) atoms. The van der Waals surface area contributed by atoms with Gasteiger partial charge in [-0.25, -0.2) is 0 Å². The number of fused-ring (bicyclic) bond motifs is 2. The van der Waals surface area contributed by atoms with Crippen molar-refractivity contribution in [3.05, 3.63) is 76.3 Å². The van der Waals surface area contributed by atoms with Gasteiger partial charge in [-0.2, -0.15) is 11.8 Å². The third kappa shape index (κ3) is 7.09. The predicted molar refractivity (Wildman–Crippen MR) is 160 cm³/mol. The molecule has 1 heterocycles. The minimum Gasteiger partial charge on any atom is -0.494 e. The number of carboxylic acids is 1. The molecule has 1 atom stereocenters. The Labute approximate surface area is 235 Å². The van der Waals surface area contributed by atoms with Gasteiger partial charge < -0.3 is 14.6 Å². The largest absolute Gasteiger partial charge is 0.494 e. The maximum absolute atomic E-state index is 9.00. The number of hydrogen-bond donors (Lipinski definition) is 1. The van der Waals surface area contributed by atoms with Gasteiger partial charge in [0.15, 0.2) is 0 Å². The summed E-state index contributed by atoms with van der Waals surface area (Å²) in [5.41, 5.74) is 9.52. The zero-order valence-electron chi connectivity index (χ0n) is 22.8. The number of aliphatic carboxylic acids is 1. The first-order chi connectivity index (χ1) is 18.4. The molecule has 0 spiro atoms. The molecular weight excluding hydrogens is 512 g/mol. The minimum absolute atomic E-state index is 0.128. The number of carboxylic acid groups (broad SMARTS) is 1. The van der Waals surface area contributed by atoms with Gasteiger partial charge in [0.1, 0.15) is 17.6 Å². The van der Waals surface area contributed by atoms with Gasteiger partial charge in [0, 0.05) is 17.6 Å². The maximum Gasteiger partial charge on any atom is 0.300 e. The number of rotatable bonds is 9. The van der Waals surface area contributed by atoms with Crippen LogP contribution in [0, 0.1) is 13.8 Å². The van der Waals surface area contributed by atoms with Gasteiger partial charge in [-0.05, 0) is 114 Å². The lowest BCUT2D eigenvalue weighted by molar-refractivity contribution is -0.134. The van der Waals surface area contributed by atoms with Crippen LogP contribution >= 0.6 is 23.5 Å². The van der Waals surface area contributed by atoms with Gasteiger partial charge in [-0.15, -0.1) is 11.8 Å². The van der Waals surface area contributed by atoms with E-state index in [4.69, 9.17) is 19.4 Å². The Morgan fingerprint density at radius 3 is 2.58 bits per heavy atom. The molecule has 0 bridgehead atoms. The SMILES string of the molecule is CC(=O)O.CCSCCCOc1cc(C)c(-c2cccc3c2CCC3Oc2ccc3c(c2)SCC3)c(C)c1. The van der Waals surface area contributed by atoms with Crippen molar-refractivity contribution in [1.82, 2.24) is 0 Å². The maximum atomic E-state index is 9.00. The van der Waals surface area contributed by atoms with Gasteiger partial charge in [0.25, 0.3) is 5.97 Å². The van der Waals surface area contributed by atoms with E-state index < -0.39 is 5.97 Å². The second-order valence-electron chi connectivity index (χ2n) is 9.74. The average molecular weight is 551 g/mol. The lowest BCUT2D eigenvalue weighted by Crippen LogP contribution is -2.04. The van der Waals surface area contributed by atoms with Crippen LogP contribution in [0.3, 0.4) is 0 Å². The second kappa shape index (κ2) is 13.5. The van der Waals surface area contributed by atoms with Gasteiger partial charge in [0.2, 0.25) is 0 Å². The first-order valence-corrected chi connectivity index (χ1v) is 15.6. The molecule has 0 aromatic heterocycles. The monoisotopic (exact) mass is 550 g/mol. The number of carbonyl (C=O) groups is 1. The number of hydrogen-bond acceptors (Lipinski definition) is 5. The fraction of sp³-hybridized carbons (Fsp3) is 0.406. The third-order valence-electron chi connectivity index (χ3n) is 6.84. The van der Waals surface area contributed by atoms with E-state index in [9.17, 15) is 0 Å². The molecule has 202 valence electrons. The molecule has 0 saturated carbocycles. The van der Waals surface area contributed by atoms with Crippen molar-refractivity contribution in [2.45, 2.75) is 64.4 Å². The lowest BCUT2D eigenvalue weighted by Gasteiger charge is -2.18. The predicted octanol–water partition coefficient (Wildman–Crippen LogP) is 8.30. The molecule has 1 unspecified atom stereocenters. The second-order valence-corrected chi connectivity index (χ2v) is 12.3. The highest BCUT2D eigenvalue weighted by molar-refractivity contribution is 7.99. The Kier molecular flexibility index (Phi) is 10.1. The molecule has 1 aliphatic carbocycles. The highest BCUT2D eigenvalue weighted by Crippen LogP contribution is 2.43. The zero-order valence-corrected chi connectivity index (χ0v) is 24.5. The summed E-state index contributed by atoms with van der Waals surface area (Å²) in [6.07, 6.45) is 4.49. The van der Waals surface area contributed by atoms with Crippen LogP contribution in [0.2, 0.25) is 0 Å². The molecule has 0 radical (unpaired) electrons.